The zero-order valence-electron chi connectivity index (χ0n) is 11.2. The van der Waals surface area contributed by atoms with Crippen molar-refractivity contribution in [2.45, 2.75) is 56.7 Å². The number of hydrogen-bond donors (Lipinski definition) is 1. The normalized spacial score (nSPS) is 40.4. The topological polar surface area (TPSA) is 18.5 Å². The number of likely N-dealkylation sites (tertiary alicyclic amines) is 1. The predicted molar refractivity (Wildman–Crippen MR) is 71.3 cm³/mol. The van der Waals surface area contributed by atoms with Crippen LogP contribution in [0, 0.1) is 0 Å². The number of rotatable bonds is 2. The number of nitrogens with zero attached hydrogens (tertiary/aromatic N) is 2. The molecule has 3 fully saturated rings. The quantitative estimate of drug-likeness (QED) is 0.781. The van der Waals surface area contributed by atoms with E-state index in [1.54, 1.807) is 0 Å². The van der Waals surface area contributed by atoms with Crippen molar-refractivity contribution in [3.05, 3.63) is 0 Å². The van der Waals surface area contributed by atoms with Gasteiger partial charge >= 0.3 is 0 Å². The minimum atomic E-state index is 0.783. The Morgan fingerprint density at radius 3 is 2.71 bits per heavy atom. The minimum absolute atomic E-state index is 0.783. The molecule has 3 aliphatic heterocycles. The van der Waals surface area contributed by atoms with Gasteiger partial charge in [-0.25, -0.2) is 0 Å². The van der Waals surface area contributed by atoms with Crippen LogP contribution in [0.5, 0.6) is 0 Å². The molecule has 1 N–H and O–H groups in total. The lowest BCUT2D eigenvalue weighted by Gasteiger charge is -2.26. The Morgan fingerprint density at radius 2 is 1.76 bits per heavy atom. The monoisotopic (exact) mass is 237 g/mol. The van der Waals surface area contributed by atoms with Crippen LogP contribution in [0.4, 0.5) is 0 Å². The molecule has 0 spiro atoms. The Morgan fingerprint density at radius 1 is 0.882 bits per heavy atom. The summed E-state index contributed by atoms with van der Waals surface area (Å²) >= 11 is 0. The Bertz CT molecular complexity index is 256. The first-order valence-electron chi connectivity index (χ1n) is 7.51. The molecular formula is C14H27N3. The highest BCUT2D eigenvalue weighted by Crippen LogP contribution is 2.28. The smallest absolute Gasteiger partial charge is 0.0250 e. The molecule has 17 heavy (non-hydrogen) atoms. The van der Waals surface area contributed by atoms with Crippen LogP contribution >= 0.6 is 0 Å². The van der Waals surface area contributed by atoms with Gasteiger partial charge in [0.2, 0.25) is 0 Å². The molecule has 0 saturated carbocycles. The Balaban J connectivity index is 1.52. The van der Waals surface area contributed by atoms with E-state index in [9.17, 15) is 0 Å². The molecule has 3 heterocycles. The summed E-state index contributed by atoms with van der Waals surface area (Å²) in [6, 6.07) is 2.45. The van der Waals surface area contributed by atoms with Gasteiger partial charge in [-0.1, -0.05) is 0 Å². The molecule has 3 rings (SSSR count). The van der Waals surface area contributed by atoms with Crippen molar-refractivity contribution in [3.8, 4) is 0 Å². The lowest BCUT2D eigenvalue weighted by Crippen LogP contribution is -2.44. The van der Waals surface area contributed by atoms with Gasteiger partial charge in [0.15, 0.2) is 0 Å². The average Bonchev–Trinajstić information content (AvgIpc) is 2.84. The van der Waals surface area contributed by atoms with Crippen molar-refractivity contribution >= 4 is 0 Å². The highest BCUT2D eigenvalue weighted by Gasteiger charge is 2.37. The molecule has 0 aromatic heterocycles. The van der Waals surface area contributed by atoms with Crippen molar-refractivity contribution in [2.75, 3.05) is 33.2 Å². The summed E-state index contributed by atoms with van der Waals surface area (Å²) in [6.45, 7) is 5.27. The molecule has 0 amide bonds. The second-order valence-corrected chi connectivity index (χ2v) is 6.24. The molecule has 3 nitrogen and oxygen atoms in total. The molecule has 0 aromatic rings. The zero-order chi connectivity index (χ0) is 11.7. The second kappa shape index (κ2) is 5.25. The van der Waals surface area contributed by atoms with Crippen LogP contribution in [0.15, 0.2) is 0 Å². The van der Waals surface area contributed by atoms with Crippen LogP contribution in [-0.4, -0.2) is 61.2 Å². The van der Waals surface area contributed by atoms with Gasteiger partial charge in [0.05, 0.1) is 0 Å². The van der Waals surface area contributed by atoms with Crippen LogP contribution < -0.4 is 5.32 Å². The molecule has 3 saturated heterocycles. The summed E-state index contributed by atoms with van der Waals surface area (Å²) in [4.78, 5) is 5.19. The SMILES string of the molecule is CN1CCCC(NC2CCN3CCCC23)CC1. The number of hydrogen-bond acceptors (Lipinski definition) is 3. The Hall–Kier alpha value is -0.120. The van der Waals surface area contributed by atoms with Gasteiger partial charge in [-0.2, -0.15) is 0 Å². The van der Waals surface area contributed by atoms with Gasteiger partial charge in [0, 0.05) is 24.7 Å². The van der Waals surface area contributed by atoms with Gasteiger partial charge in [-0.05, 0) is 65.2 Å². The summed E-state index contributed by atoms with van der Waals surface area (Å²) in [5, 5.41) is 3.98. The first-order chi connectivity index (χ1) is 8.33. The van der Waals surface area contributed by atoms with Gasteiger partial charge in [0.1, 0.15) is 0 Å². The van der Waals surface area contributed by atoms with E-state index < -0.39 is 0 Å². The van der Waals surface area contributed by atoms with Gasteiger partial charge in [0.25, 0.3) is 0 Å². The van der Waals surface area contributed by atoms with Crippen LogP contribution in [0.3, 0.4) is 0 Å². The van der Waals surface area contributed by atoms with E-state index in [-0.39, 0.29) is 0 Å². The maximum atomic E-state index is 3.98. The molecule has 0 radical (unpaired) electrons. The number of fused-ring (bicyclic) bond motifs is 1. The molecule has 3 aliphatic rings. The van der Waals surface area contributed by atoms with Crippen LogP contribution in [0.1, 0.15) is 38.5 Å². The summed E-state index contributed by atoms with van der Waals surface area (Å²) in [5.74, 6) is 0. The molecular weight excluding hydrogens is 210 g/mol. The summed E-state index contributed by atoms with van der Waals surface area (Å²) in [7, 11) is 2.26. The molecule has 3 heteroatoms. The van der Waals surface area contributed by atoms with Crippen molar-refractivity contribution in [1.29, 1.82) is 0 Å². The van der Waals surface area contributed by atoms with Crippen LogP contribution in [0.25, 0.3) is 0 Å². The third kappa shape index (κ3) is 2.67. The van der Waals surface area contributed by atoms with E-state index in [4.69, 9.17) is 0 Å². The van der Waals surface area contributed by atoms with E-state index in [0.29, 0.717) is 0 Å². The standard InChI is InChI=1S/C14H27N3/c1-16-8-2-4-12(6-10-16)15-13-7-11-17-9-3-5-14(13)17/h12-15H,2-11H2,1H3. The minimum Gasteiger partial charge on any atom is -0.310 e. The fourth-order valence-electron chi connectivity index (χ4n) is 3.99. The van der Waals surface area contributed by atoms with Gasteiger partial charge in [-0.3, -0.25) is 4.90 Å². The van der Waals surface area contributed by atoms with Crippen LogP contribution in [0.2, 0.25) is 0 Å². The largest absolute Gasteiger partial charge is 0.310 e. The first kappa shape index (κ1) is 11.9. The molecule has 3 unspecified atom stereocenters. The third-order valence-corrected chi connectivity index (χ3v) is 5.01. The van der Waals surface area contributed by atoms with E-state index in [1.807, 2.05) is 0 Å². The highest BCUT2D eigenvalue weighted by molar-refractivity contribution is 4.97. The fourth-order valence-corrected chi connectivity index (χ4v) is 3.99. The summed E-state index contributed by atoms with van der Waals surface area (Å²) < 4.78 is 0. The predicted octanol–water partition coefficient (Wildman–Crippen LogP) is 1.30. The molecule has 98 valence electrons. The Labute approximate surface area is 106 Å². The maximum Gasteiger partial charge on any atom is 0.0250 e. The van der Waals surface area contributed by atoms with E-state index in [0.717, 1.165) is 18.1 Å². The highest BCUT2D eigenvalue weighted by atomic mass is 15.2. The number of nitrogens with one attached hydrogen (secondary N) is 1. The lowest BCUT2D eigenvalue weighted by molar-refractivity contribution is 0.281. The van der Waals surface area contributed by atoms with Crippen molar-refractivity contribution in [2.24, 2.45) is 0 Å². The lowest BCUT2D eigenvalue weighted by atomic mass is 10.0. The second-order valence-electron chi connectivity index (χ2n) is 6.24. The van der Waals surface area contributed by atoms with E-state index in [2.05, 4.69) is 22.2 Å². The van der Waals surface area contributed by atoms with Crippen molar-refractivity contribution in [1.82, 2.24) is 15.1 Å². The Kier molecular flexibility index (Phi) is 3.69. The average molecular weight is 237 g/mol. The molecule has 3 atom stereocenters. The molecule has 0 aliphatic carbocycles. The van der Waals surface area contributed by atoms with Crippen molar-refractivity contribution in [3.63, 3.8) is 0 Å². The zero-order valence-corrected chi connectivity index (χ0v) is 11.2. The summed E-state index contributed by atoms with van der Waals surface area (Å²) in [5.41, 5.74) is 0. The van der Waals surface area contributed by atoms with Crippen LogP contribution in [-0.2, 0) is 0 Å². The first-order valence-corrected chi connectivity index (χ1v) is 7.51. The molecule has 0 aromatic carbocycles. The third-order valence-electron chi connectivity index (χ3n) is 5.01. The van der Waals surface area contributed by atoms with Gasteiger partial charge in [-0.15, -0.1) is 0 Å². The van der Waals surface area contributed by atoms with E-state index >= 15 is 0 Å². The summed E-state index contributed by atoms with van der Waals surface area (Å²) in [6.07, 6.45) is 8.35. The van der Waals surface area contributed by atoms with E-state index in [1.165, 1.54) is 64.7 Å². The van der Waals surface area contributed by atoms with Crippen molar-refractivity contribution < 1.29 is 0 Å². The van der Waals surface area contributed by atoms with Gasteiger partial charge < -0.3 is 10.2 Å². The maximum absolute atomic E-state index is 3.98. The molecule has 0 bridgehead atoms. The fraction of sp³-hybridized carbons (Fsp3) is 1.00.